The average molecular weight is 253 g/mol. The number of hydrogen-bond donors (Lipinski definition) is 1. The molecule has 0 aliphatic carbocycles. The van der Waals surface area contributed by atoms with Crippen LogP contribution in [0.3, 0.4) is 0 Å². The highest BCUT2D eigenvalue weighted by molar-refractivity contribution is 7.11. The number of amides is 1. The maximum absolute atomic E-state index is 12.4. The van der Waals surface area contributed by atoms with Gasteiger partial charge in [0.15, 0.2) is 0 Å². The Hall–Kier alpha value is -0.940. The van der Waals surface area contributed by atoms with Crippen molar-refractivity contribution in [2.75, 3.05) is 19.6 Å². The van der Waals surface area contributed by atoms with Gasteiger partial charge in [-0.15, -0.1) is 11.3 Å². The number of nitrogens with one attached hydrogen (secondary N) is 1. The second-order valence-electron chi connectivity index (χ2n) is 4.35. The molecule has 4 nitrogen and oxygen atoms in total. The summed E-state index contributed by atoms with van der Waals surface area (Å²) in [4.78, 5) is 19.2. The van der Waals surface area contributed by atoms with E-state index >= 15 is 0 Å². The van der Waals surface area contributed by atoms with Crippen LogP contribution in [0.4, 0.5) is 0 Å². The first-order chi connectivity index (χ1) is 8.33. The summed E-state index contributed by atoms with van der Waals surface area (Å²) in [6.07, 6.45) is 4.81. The number of hydrogen-bond acceptors (Lipinski definition) is 4. The van der Waals surface area contributed by atoms with Crippen molar-refractivity contribution in [1.29, 1.82) is 0 Å². The van der Waals surface area contributed by atoms with Crippen LogP contribution in [-0.2, 0) is 0 Å². The number of rotatable bonds is 4. The second-order valence-corrected chi connectivity index (χ2v) is 5.23. The molecule has 1 amide bonds. The zero-order valence-corrected chi connectivity index (χ0v) is 11.0. The van der Waals surface area contributed by atoms with Crippen LogP contribution in [0.1, 0.15) is 35.9 Å². The molecule has 0 saturated carbocycles. The molecule has 1 aromatic rings. The Kier molecular flexibility index (Phi) is 4.50. The number of aromatic nitrogens is 1. The predicted molar refractivity (Wildman–Crippen MR) is 69.3 cm³/mol. The van der Waals surface area contributed by atoms with Crippen LogP contribution in [-0.4, -0.2) is 41.5 Å². The minimum absolute atomic E-state index is 0.154. The van der Waals surface area contributed by atoms with Crippen LogP contribution in [0, 0.1) is 0 Å². The molecular formula is C12H19N3OS. The molecule has 1 N–H and O–H groups in total. The number of nitrogens with zero attached hydrogens (tertiary/aromatic N) is 2. The van der Waals surface area contributed by atoms with E-state index in [0.717, 1.165) is 43.8 Å². The fourth-order valence-electron chi connectivity index (χ4n) is 2.27. The van der Waals surface area contributed by atoms with Gasteiger partial charge in [-0.2, -0.15) is 0 Å². The highest BCUT2D eigenvalue weighted by atomic mass is 32.1. The highest BCUT2D eigenvalue weighted by Gasteiger charge is 2.26. The molecule has 2 rings (SSSR count). The lowest BCUT2D eigenvalue weighted by atomic mass is 10.0. The molecule has 0 spiro atoms. The van der Waals surface area contributed by atoms with E-state index in [2.05, 4.69) is 17.2 Å². The summed E-state index contributed by atoms with van der Waals surface area (Å²) in [6.45, 7) is 5.00. The zero-order valence-electron chi connectivity index (χ0n) is 10.2. The minimum atomic E-state index is 0.154. The summed E-state index contributed by atoms with van der Waals surface area (Å²) in [5.41, 5.74) is 1.72. The van der Waals surface area contributed by atoms with Gasteiger partial charge < -0.3 is 10.2 Å². The van der Waals surface area contributed by atoms with Crippen molar-refractivity contribution >= 4 is 17.2 Å². The van der Waals surface area contributed by atoms with Gasteiger partial charge in [0.05, 0.1) is 11.7 Å². The maximum Gasteiger partial charge on any atom is 0.265 e. The molecule has 0 bridgehead atoms. The van der Waals surface area contributed by atoms with Crippen molar-refractivity contribution < 1.29 is 4.79 Å². The predicted octanol–water partition coefficient (Wildman–Crippen LogP) is 1.75. The van der Waals surface area contributed by atoms with Crippen LogP contribution in [0.2, 0.25) is 0 Å². The van der Waals surface area contributed by atoms with E-state index in [1.165, 1.54) is 11.3 Å². The molecule has 0 atom stereocenters. The van der Waals surface area contributed by atoms with Crippen molar-refractivity contribution in [3.63, 3.8) is 0 Å². The van der Waals surface area contributed by atoms with Crippen molar-refractivity contribution in [1.82, 2.24) is 15.2 Å². The zero-order chi connectivity index (χ0) is 12.1. The summed E-state index contributed by atoms with van der Waals surface area (Å²) in [7, 11) is 0. The van der Waals surface area contributed by atoms with Gasteiger partial charge in [-0.25, -0.2) is 0 Å². The summed E-state index contributed by atoms with van der Waals surface area (Å²) in [5, 5.41) is 3.34. The standard InChI is InChI=1S/C12H19N3OS/c1-2-7-15(10-3-5-13-6-4-10)12(16)11-8-14-9-17-11/h8-10,13H,2-7H2,1H3. The van der Waals surface area contributed by atoms with Gasteiger partial charge in [0.25, 0.3) is 5.91 Å². The molecule has 1 saturated heterocycles. The Morgan fingerprint density at radius 2 is 2.35 bits per heavy atom. The fraction of sp³-hybridized carbons (Fsp3) is 0.667. The van der Waals surface area contributed by atoms with Gasteiger partial charge >= 0.3 is 0 Å². The molecule has 1 fully saturated rings. The number of piperidine rings is 1. The highest BCUT2D eigenvalue weighted by Crippen LogP contribution is 2.18. The number of thiazole rings is 1. The van der Waals surface area contributed by atoms with Crippen molar-refractivity contribution in [3.05, 3.63) is 16.6 Å². The van der Waals surface area contributed by atoms with E-state index in [4.69, 9.17) is 0 Å². The van der Waals surface area contributed by atoms with Crippen LogP contribution in [0.5, 0.6) is 0 Å². The smallest absolute Gasteiger partial charge is 0.265 e. The lowest BCUT2D eigenvalue weighted by Crippen LogP contribution is -2.46. The molecule has 0 aromatic carbocycles. The van der Waals surface area contributed by atoms with Crippen LogP contribution < -0.4 is 5.32 Å². The Balaban J connectivity index is 2.07. The van der Waals surface area contributed by atoms with E-state index in [-0.39, 0.29) is 5.91 Å². The third-order valence-electron chi connectivity index (χ3n) is 3.12. The van der Waals surface area contributed by atoms with E-state index in [9.17, 15) is 4.79 Å². The quantitative estimate of drug-likeness (QED) is 0.889. The van der Waals surface area contributed by atoms with Gasteiger partial charge in [-0.1, -0.05) is 6.92 Å². The average Bonchev–Trinajstić information content (AvgIpc) is 2.90. The SMILES string of the molecule is CCCN(C(=O)c1cncs1)C1CCNCC1. The fourth-order valence-corrected chi connectivity index (χ4v) is 2.85. The topological polar surface area (TPSA) is 45.2 Å². The maximum atomic E-state index is 12.4. The third-order valence-corrected chi connectivity index (χ3v) is 3.88. The molecular weight excluding hydrogens is 234 g/mol. The van der Waals surface area contributed by atoms with Crippen molar-refractivity contribution in [2.24, 2.45) is 0 Å². The van der Waals surface area contributed by atoms with Gasteiger partial charge in [-0.3, -0.25) is 9.78 Å². The first-order valence-electron chi connectivity index (χ1n) is 6.23. The summed E-state index contributed by atoms with van der Waals surface area (Å²) in [6, 6.07) is 0.394. The molecule has 94 valence electrons. The summed E-state index contributed by atoms with van der Waals surface area (Å²) >= 11 is 1.43. The second kappa shape index (κ2) is 6.12. The Bertz CT molecular complexity index is 347. The lowest BCUT2D eigenvalue weighted by Gasteiger charge is -2.34. The van der Waals surface area contributed by atoms with Crippen LogP contribution in [0.25, 0.3) is 0 Å². The lowest BCUT2D eigenvalue weighted by molar-refractivity contribution is 0.0647. The van der Waals surface area contributed by atoms with E-state index in [1.54, 1.807) is 11.7 Å². The third kappa shape index (κ3) is 3.04. The molecule has 1 aliphatic heterocycles. The Morgan fingerprint density at radius 1 is 1.59 bits per heavy atom. The molecule has 1 aliphatic rings. The first kappa shape index (κ1) is 12.5. The number of carbonyl (C=O) groups excluding carboxylic acids is 1. The van der Waals surface area contributed by atoms with Gasteiger partial charge in [0.2, 0.25) is 0 Å². The van der Waals surface area contributed by atoms with E-state index in [0.29, 0.717) is 6.04 Å². The number of carbonyl (C=O) groups is 1. The van der Waals surface area contributed by atoms with Gasteiger partial charge in [0, 0.05) is 12.6 Å². The molecule has 17 heavy (non-hydrogen) atoms. The molecule has 0 unspecified atom stereocenters. The normalized spacial score (nSPS) is 17.0. The molecule has 2 heterocycles. The first-order valence-corrected chi connectivity index (χ1v) is 7.11. The van der Waals surface area contributed by atoms with Crippen molar-refractivity contribution in [2.45, 2.75) is 32.2 Å². The Labute approximate surface area is 106 Å². The minimum Gasteiger partial charge on any atom is -0.335 e. The monoisotopic (exact) mass is 253 g/mol. The molecule has 0 radical (unpaired) electrons. The van der Waals surface area contributed by atoms with E-state index in [1.807, 2.05) is 4.90 Å². The summed E-state index contributed by atoms with van der Waals surface area (Å²) in [5.74, 6) is 0.154. The van der Waals surface area contributed by atoms with Gasteiger partial charge in [-0.05, 0) is 32.4 Å². The Morgan fingerprint density at radius 3 is 2.94 bits per heavy atom. The largest absolute Gasteiger partial charge is 0.335 e. The molecule has 1 aromatic heterocycles. The summed E-state index contributed by atoms with van der Waals surface area (Å²) < 4.78 is 0. The van der Waals surface area contributed by atoms with E-state index < -0.39 is 0 Å². The van der Waals surface area contributed by atoms with Crippen LogP contribution in [0.15, 0.2) is 11.7 Å². The molecule has 5 heteroatoms. The van der Waals surface area contributed by atoms with Crippen LogP contribution >= 0.6 is 11.3 Å². The van der Waals surface area contributed by atoms with Crippen molar-refractivity contribution in [3.8, 4) is 0 Å². The van der Waals surface area contributed by atoms with Gasteiger partial charge in [0.1, 0.15) is 4.88 Å².